The van der Waals surface area contributed by atoms with Gasteiger partial charge in [-0.1, -0.05) is 35.1 Å². The van der Waals surface area contributed by atoms with Crippen LogP contribution in [0.5, 0.6) is 0 Å². The summed E-state index contributed by atoms with van der Waals surface area (Å²) >= 11 is 0. The molecule has 0 aromatic heterocycles. The molecule has 0 atom stereocenters. The molecule has 0 amide bonds. The summed E-state index contributed by atoms with van der Waals surface area (Å²) in [5, 5.41) is 13.9. The van der Waals surface area contributed by atoms with Crippen LogP contribution < -0.4 is 21.3 Å². The van der Waals surface area contributed by atoms with Gasteiger partial charge in [0, 0.05) is 0 Å². The second-order valence-corrected chi connectivity index (χ2v) is 6.76. The van der Waals surface area contributed by atoms with E-state index >= 15 is 0 Å². The van der Waals surface area contributed by atoms with Gasteiger partial charge in [0.1, 0.15) is 0 Å². The maximum atomic E-state index is 3.50. The van der Waals surface area contributed by atoms with E-state index in [0.29, 0.717) is 0 Å². The van der Waals surface area contributed by atoms with Crippen LogP contribution in [0.25, 0.3) is 0 Å². The molecule has 0 radical (unpaired) electrons. The van der Waals surface area contributed by atoms with E-state index in [9.17, 15) is 0 Å². The fraction of sp³-hybridized carbons (Fsp3) is 1.00. The van der Waals surface area contributed by atoms with Crippen LogP contribution in [-0.2, 0) is 0 Å². The van der Waals surface area contributed by atoms with Crippen LogP contribution in [0.3, 0.4) is 0 Å². The van der Waals surface area contributed by atoms with E-state index in [-0.39, 0.29) is 75.4 Å². The Morgan fingerprint density at radius 2 is 0.692 bits per heavy atom. The lowest BCUT2D eigenvalue weighted by Gasteiger charge is -2.09. The van der Waals surface area contributed by atoms with Crippen molar-refractivity contribution < 1.29 is 0 Å². The second-order valence-electron chi connectivity index (χ2n) is 6.76. The molecule has 0 aliphatic carbocycles. The average Bonchev–Trinajstić information content (AvgIpc) is 2.42. The minimum Gasteiger partial charge on any atom is -0.317 e. The molecule has 4 nitrogen and oxygen atoms in total. The predicted octanol–water partition coefficient (Wildman–Crippen LogP) is 4.77. The Hall–Kier alpha value is 1.76. The van der Waals surface area contributed by atoms with Gasteiger partial charge in [-0.3, -0.25) is 0 Å². The van der Waals surface area contributed by atoms with E-state index in [4.69, 9.17) is 0 Å². The van der Waals surface area contributed by atoms with Crippen LogP contribution >= 0.6 is 67.9 Å². The molecule has 0 rings (SSSR count). The first kappa shape index (κ1) is 42.0. The third-order valence-electron chi connectivity index (χ3n) is 3.23. The lowest BCUT2D eigenvalue weighted by atomic mass is 10.2. The number of nitrogens with one attached hydrogen (secondary N) is 4. The monoisotopic (exact) mass is 636 g/mol. The summed E-state index contributed by atoms with van der Waals surface area (Å²) in [6.07, 6.45) is 3.67. The summed E-state index contributed by atoms with van der Waals surface area (Å²) in [6.45, 7) is 18.0. The Kier molecular flexibility index (Phi) is 55.4. The molecule has 0 bridgehead atoms. The molecule has 0 aliphatic heterocycles. The fourth-order valence-electron chi connectivity index (χ4n) is 2.05. The van der Waals surface area contributed by atoms with Crippen LogP contribution in [-0.4, -0.2) is 52.4 Å². The van der Waals surface area contributed by atoms with Crippen molar-refractivity contribution in [1.82, 2.24) is 21.3 Å². The molecule has 4 N–H and O–H groups in total. The third kappa shape index (κ3) is 40.4. The van der Waals surface area contributed by atoms with Gasteiger partial charge in [-0.15, -0.1) is 67.9 Å². The van der Waals surface area contributed by atoms with Crippen LogP contribution in [0.15, 0.2) is 0 Å². The Balaban J connectivity index is -0.000000200. The van der Waals surface area contributed by atoms with Gasteiger partial charge in [0.2, 0.25) is 0 Å². The number of hydrogen-bond acceptors (Lipinski definition) is 4. The molecule has 0 aromatic rings. The lowest BCUT2D eigenvalue weighted by Crippen LogP contribution is -2.28. The van der Waals surface area contributed by atoms with E-state index in [2.05, 4.69) is 49.0 Å². The minimum atomic E-state index is 0. The van der Waals surface area contributed by atoms with Gasteiger partial charge in [-0.25, -0.2) is 0 Å². The summed E-state index contributed by atoms with van der Waals surface area (Å²) in [6, 6.07) is 0. The van der Waals surface area contributed by atoms with Crippen molar-refractivity contribution in [2.75, 3.05) is 52.4 Å². The molecular formula is C18H48Br4N4. The van der Waals surface area contributed by atoms with E-state index in [1.165, 1.54) is 19.3 Å². The molecule has 0 aromatic carbocycles. The molecule has 8 heteroatoms. The summed E-state index contributed by atoms with van der Waals surface area (Å²) in [7, 11) is 0. The SMILES string of the molecule is Br.Br.Br.Br.C.CC(C)CNCCCNCCCNCCCNCC(C)C. The minimum absolute atomic E-state index is 0. The normalized spacial score (nSPS) is 9.46. The summed E-state index contributed by atoms with van der Waals surface area (Å²) in [5.74, 6) is 1.51. The number of rotatable bonds is 16. The molecule has 168 valence electrons. The van der Waals surface area contributed by atoms with Crippen molar-refractivity contribution in [2.24, 2.45) is 11.8 Å². The highest BCUT2D eigenvalue weighted by molar-refractivity contribution is 8.93. The highest BCUT2D eigenvalue weighted by Crippen LogP contribution is 1.87. The van der Waals surface area contributed by atoms with E-state index in [1.54, 1.807) is 0 Å². The van der Waals surface area contributed by atoms with Crippen LogP contribution in [0.1, 0.15) is 54.4 Å². The summed E-state index contributed by atoms with van der Waals surface area (Å²) < 4.78 is 0. The molecule has 0 unspecified atom stereocenters. The van der Waals surface area contributed by atoms with Gasteiger partial charge >= 0.3 is 0 Å². The maximum Gasteiger partial charge on any atom is -0.00258 e. The van der Waals surface area contributed by atoms with Crippen LogP contribution in [0, 0.1) is 11.8 Å². The third-order valence-corrected chi connectivity index (χ3v) is 3.23. The van der Waals surface area contributed by atoms with Crippen molar-refractivity contribution in [3.8, 4) is 0 Å². The molecular weight excluding hydrogens is 592 g/mol. The first-order chi connectivity index (χ1) is 10.1. The number of hydrogen-bond donors (Lipinski definition) is 4. The van der Waals surface area contributed by atoms with Crippen molar-refractivity contribution in [3.63, 3.8) is 0 Å². The van der Waals surface area contributed by atoms with Gasteiger partial charge in [-0.05, 0) is 83.5 Å². The fourth-order valence-corrected chi connectivity index (χ4v) is 2.05. The van der Waals surface area contributed by atoms with Gasteiger partial charge < -0.3 is 21.3 Å². The lowest BCUT2D eigenvalue weighted by molar-refractivity contribution is 0.516. The van der Waals surface area contributed by atoms with Gasteiger partial charge in [0.25, 0.3) is 0 Å². The molecule has 0 fully saturated rings. The predicted molar refractivity (Wildman–Crippen MR) is 143 cm³/mol. The second kappa shape index (κ2) is 34.3. The van der Waals surface area contributed by atoms with Crippen molar-refractivity contribution in [3.05, 3.63) is 0 Å². The average molecular weight is 640 g/mol. The first-order valence-corrected chi connectivity index (χ1v) is 8.95. The first-order valence-electron chi connectivity index (χ1n) is 8.95. The maximum absolute atomic E-state index is 3.50. The zero-order valence-electron chi connectivity index (χ0n) is 16.6. The van der Waals surface area contributed by atoms with E-state index < -0.39 is 0 Å². The van der Waals surface area contributed by atoms with Crippen LogP contribution in [0.4, 0.5) is 0 Å². The quantitative estimate of drug-likeness (QED) is 0.184. The highest BCUT2D eigenvalue weighted by atomic mass is 79.9. The van der Waals surface area contributed by atoms with Gasteiger partial charge in [-0.2, -0.15) is 0 Å². The van der Waals surface area contributed by atoms with Gasteiger partial charge in [0.05, 0.1) is 0 Å². The molecule has 0 saturated heterocycles. The van der Waals surface area contributed by atoms with E-state index in [1.807, 2.05) is 0 Å². The topological polar surface area (TPSA) is 48.1 Å². The number of halogens is 4. The standard InChI is InChI=1S/C17H40N4.CH4.4BrH/c1-16(2)14-20-12-6-10-18-8-5-9-19-11-7-13-21-15-17(3)4;;;;;/h16-21H,5-15H2,1-4H3;1H4;4*1H. The molecule has 0 heterocycles. The Morgan fingerprint density at radius 1 is 0.462 bits per heavy atom. The van der Waals surface area contributed by atoms with Crippen molar-refractivity contribution >= 4 is 67.9 Å². The van der Waals surface area contributed by atoms with Crippen LogP contribution in [0.2, 0.25) is 0 Å². The largest absolute Gasteiger partial charge is 0.317 e. The Labute approximate surface area is 206 Å². The Morgan fingerprint density at radius 3 is 0.923 bits per heavy atom. The van der Waals surface area contributed by atoms with Crippen molar-refractivity contribution in [1.29, 1.82) is 0 Å². The molecule has 0 saturated carbocycles. The smallest absolute Gasteiger partial charge is 0.00258 e. The molecule has 0 aliphatic rings. The molecule has 26 heavy (non-hydrogen) atoms. The van der Waals surface area contributed by atoms with Gasteiger partial charge in [0.15, 0.2) is 0 Å². The van der Waals surface area contributed by atoms with Crippen molar-refractivity contribution in [2.45, 2.75) is 54.4 Å². The van der Waals surface area contributed by atoms with E-state index in [0.717, 1.165) is 64.2 Å². The summed E-state index contributed by atoms with van der Waals surface area (Å²) in [5.41, 5.74) is 0. The Bertz CT molecular complexity index is 192. The highest BCUT2D eigenvalue weighted by Gasteiger charge is 1.94. The zero-order chi connectivity index (χ0) is 15.8. The zero-order valence-corrected chi connectivity index (χ0v) is 23.4. The summed E-state index contributed by atoms with van der Waals surface area (Å²) in [4.78, 5) is 0. The molecule has 0 spiro atoms.